The number of halogens is 1. The van der Waals surface area contributed by atoms with E-state index in [1.165, 1.54) is 0 Å². The SMILES string of the molecule is CCCNC(=O)CNS(=O)(=O)c1ccc(F)cc1N. The summed E-state index contributed by atoms with van der Waals surface area (Å²) in [6, 6.07) is 2.95. The van der Waals surface area contributed by atoms with Gasteiger partial charge in [-0.3, -0.25) is 4.79 Å². The van der Waals surface area contributed by atoms with Crippen molar-refractivity contribution in [2.75, 3.05) is 18.8 Å². The van der Waals surface area contributed by atoms with Gasteiger partial charge in [-0.05, 0) is 24.6 Å². The lowest BCUT2D eigenvalue weighted by Crippen LogP contribution is -2.37. The van der Waals surface area contributed by atoms with E-state index in [4.69, 9.17) is 5.73 Å². The third-order valence-electron chi connectivity index (χ3n) is 2.26. The Labute approximate surface area is 111 Å². The van der Waals surface area contributed by atoms with Gasteiger partial charge in [0.15, 0.2) is 0 Å². The molecule has 1 aromatic carbocycles. The number of benzene rings is 1. The molecule has 6 nitrogen and oxygen atoms in total. The molecule has 0 atom stereocenters. The fourth-order valence-electron chi connectivity index (χ4n) is 1.33. The van der Waals surface area contributed by atoms with Crippen LogP contribution >= 0.6 is 0 Å². The summed E-state index contributed by atoms with van der Waals surface area (Å²) < 4.78 is 38.6. The zero-order chi connectivity index (χ0) is 14.5. The number of anilines is 1. The average Bonchev–Trinajstić information content (AvgIpc) is 2.33. The third kappa shape index (κ3) is 4.49. The first-order valence-corrected chi connectivity index (χ1v) is 7.16. The van der Waals surface area contributed by atoms with Gasteiger partial charge in [0.05, 0.1) is 12.2 Å². The van der Waals surface area contributed by atoms with Gasteiger partial charge in [0.2, 0.25) is 15.9 Å². The standard InChI is InChI=1S/C11H16FN3O3S/c1-2-5-14-11(16)7-15-19(17,18)10-4-3-8(12)6-9(10)13/h3-4,6,15H,2,5,7,13H2,1H3,(H,14,16). The number of sulfonamides is 1. The molecular formula is C11H16FN3O3S. The number of hydrogen-bond acceptors (Lipinski definition) is 4. The van der Waals surface area contributed by atoms with Crippen LogP contribution in [0.1, 0.15) is 13.3 Å². The van der Waals surface area contributed by atoms with E-state index >= 15 is 0 Å². The minimum atomic E-state index is -3.93. The molecule has 0 heterocycles. The van der Waals surface area contributed by atoms with E-state index in [-0.39, 0.29) is 17.1 Å². The lowest BCUT2D eigenvalue weighted by Gasteiger charge is -2.09. The zero-order valence-corrected chi connectivity index (χ0v) is 11.3. The molecule has 0 fully saturated rings. The summed E-state index contributed by atoms with van der Waals surface area (Å²) in [5, 5.41) is 2.52. The van der Waals surface area contributed by atoms with Gasteiger partial charge in [-0.2, -0.15) is 0 Å². The van der Waals surface area contributed by atoms with Gasteiger partial charge < -0.3 is 11.1 Å². The fraction of sp³-hybridized carbons (Fsp3) is 0.364. The highest BCUT2D eigenvalue weighted by Gasteiger charge is 2.18. The zero-order valence-electron chi connectivity index (χ0n) is 10.4. The van der Waals surface area contributed by atoms with Gasteiger partial charge in [0.1, 0.15) is 10.7 Å². The number of amides is 1. The number of carbonyl (C=O) groups is 1. The monoisotopic (exact) mass is 289 g/mol. The molecule has 19 heavy (non-hydrogen) atoms. The number of nitrogens with two attached hydrogens (primary N) is 1. The molecule has 1 amide bonds. The molecule has 0 saturated heterocycles. The molecule has 0 saturated carbocycles. The molecule has 1 aromatic rings. The van der Waals surface area contributed by atoms with E-state index in [2.05, 4.69) is 10.0 Å². The predicted molar refractivity (Wildman–Crippen MR) is 69.3 cm³/mol. The van der Waals surface area contributed by atoms with E-state index in [0.29, 0.717) is 6.54 Å². The van der Waals surface area contributed by atoms with Crippen molar-refractivity contribution in [3.63, 3.8) is 0 Å². The molecule has 1 rings (SSSR count). The summed E-state index contributed by atoms with van der Waals surface area (Å²) in [7, 11) is -3.93. The number of nitrogen functional groups attached to an aromatic ring is 1. The Morgan fingerprint density at radius 1 is 1.42 bits per heavy atom. The maximum absolute atomic E-state index is 12.8. The van der Waals surface area contributed by atoms with Crippen LogP contribution in [0.25, 0.3) is 0 Å². The van der Waals surface area contributed by atoms with Crippen molar-refractivity contribution >= 4 is 21.6 Å². The van der Waals surface area contributed by atoms with Crippen LogP contribution in [0.4, 0.5) is 10.1 Å². The number of rotatable bonds is 6. The van der Waals surface area contributed by atoms with Gasteiger partial charge in [-0.15, -0.1) is 0 Å². The van der Waals surface area contributed by atoms with Crippen molar-refractivity contribution in [2.24, 2.45) is 0 Å². The first-order chi connectivity index (χ1) is 8.86. The second-order valence-corrected chi connectivity index (χ2v) is 5.59. The van der Waals surface area contributed by atoms with E-state index in [9.17, 15) is 17.6 Å². The van der Waals surface area contributed by atoms with Gasteiger partial charge in [-0.1, -0.05) is 6.92 Å². The van der Waals surface area contributed by atoms with Gasteiger partial charge in [0, 0.05) is 6.54 Å². The number of hydrogen-bond donors (Lipinski definition) is 3. The molecule has 0 radical (unpaired) electrons. The Bertz CT molecular complexity index is 560. The summed E-state index contributed by atoms with van der Waals surface area (Å²) in [5.74, 6) is -1.07. The van der Waals surface area contributed by atoms with Crippen molar-refractivity contribution in [1.82, 2.24) is 10.0 Å². The van der Waals surface area contributed by atoms with Crippen LogP contribution in [0.2, 0.25) is 0 Å². The van der Waals surface area contributed by atoms with Crippen LogP contribution in [0.5, 0.6) is 0 Å². The number of carbonyl (C=O) groups excluding carboxylic acids is 1. The maximum atomic E-state index is 12.8. The lowest BCUT2D eigenvalue weighted by atomic mass is 10.3. The van der Waals surface area contributed by atoms with Crippen LogP contribution in [0.3, 0.4) is 0 Å². The van der Waals surface area contributed by atoms with Gasteiger partial charge in [0.25, 0.3) is 0 Å². The second kappa shape index (κ2) is 6.48. The van der Waals surface area contributed by atoms with Crippen molar-refractivity contribution in [2.45, 2.75) is 18.2 Å². The predicted octanol–water partition coefficient (Wildman–Crippen LogP) is 0.212. The molecular weight excluding hydrogens is 273 g/mol. The minimum Gasteiger partial charge on any atom is -0.398 e. The van der Waals surface area contributed by atoms with Crippen molar-refractivity contribution in [1.29, 1.82) is 0 Å². The quantitative estimate of drug-likeness (QED) is 0.652. The van der Waals surface area contributed by atoms with Crippen molar-refractivity contribution in [3.05, 3.63) is 24.0 Å². The smallest absolute Gasteiger partial charge is 0.243 e. The highest BCUT2D eigenvalue weighted by molar-refractivity contribution is 7.89. The van der Waals surface area contributed by atoms with Crippen LogP contribution in [0, 0.1) is 5.82 Å². The van der Waals surface area contributed by atoms with Crippen LogP contribution < -0.4 is 15.8 Å². The summed E-state index contributed by atoms with van der Waals surface area (Å²) in [6.45, 7) is 1.96. The molecule has 0 aromatic heterocycles. The molecule has 106 valence electrons. The molecule has 0 aliphatic rings. The minimum absolute atomic E-state index is 0.207. The Morgan fingerprint density at radius 3 is 2.68 bits per heavy atom. The van der Waals surface area contributed by atoms with E-state index in [1.54, 1.807) is 0 Å². The van der Waals surface area contributed by atoms with Crippen molar-refractivity contribution < 1.29 is 17.6 Å². The topological polar surface area (TPSA) is 101 Å². The molecule has 0 aliphatic carbocycles. The molecule has 0 spiro atoms. The van der Waals surface area contributed by atoms with E-state index in [0.717, 1.165) is 24.6 Å². The first-order valence-electron chi connectivity index (χ1n) is 5.68. The Balaban J connectivity index is 2.73. The Kier molecular flexibility index (Phi) is 5.25. The van der Waals surface area contributed by atoms with Crippen LogP contribution in [-0.2, 0) is 14.8 Å². The summed E-state index contributed by atoms with van der Waals surface area (Å²) in [5.41, 5.74) is 5.23. The van der Waals surface area contributed by atoms with Crippen LogP contribution in [-0.4, -0.2) is 27.4 Å². The average molecular weight is 289 g/mol. The van der Waals surface area contributed by atoms with E-state index < -0.39 is 21.7 Å². The van der Waals surface area contributed by atoms with E-state index in [1.807, 2.05) is 6.92 Å². The fourth-order valence-corrected chi connectivity index (χ4v) is 2.42. The summed E-state index contributed by atoms with van der Waals surface area (Å²) >= 11 is 0. The number of nitrogens with one attached hydrogen (secondary N) is 2. The first kappa shape index (κ1) is 15.4. The molecule has 0 unspecified atom stereocenters. The molecule has 0 bridgehead atoms. The van der Waals surface area contributed by atoms with Gasteiger partial charge >= 0.3 is 0 Å². The largest absolute Gasteiger partial charge is 0.398 e. The molecule has 8 heteroatoms. The Hall–Kier alpha value is -1.67. The maximum Gasteiger partial charge on any atom is 0.243 e. The summed E-state index contributed by atoms with van der Waals surface area (Å²) in [6.07, 6.45) is 0.753. The highest BCUT2D eigenvalue weighted by atomic mass is 32.2. The lowest BCUT2D eigenvalue weighted by molar-refractivity contribution is -0.119. The molecule has 4 N–H and O–H groups in total. The normalized spacial score (nSPS) is 11.3. The van der Waals surface area contributed by atoms with Crippen molar-refractivity contribution in [3.8, 4) is 0 Å². The summed E-state index contributed by atoms with van der Waals surface area (Å²) in [4.78, 5) is 11.0. The highest BCUT2D eigenvalue weighted by Crippen LogP contribution is 2.18. The third-order valence-corrected chi connectivity index (χ3v) is 3.73. The van der Waals surface area contributed by atoms with Gasteiger partial charge in [-0.25, -0.2) is 17.5 Å². The Morgan fingerprint density at radius 2 is 2.11 bits per heavy atom. The molecule has 0 aliphatic heterocycles. The second-order valence-electron chi connectivity index (χ2n) is 3.86. The van der Waals surface area contributed by atoms with Crippen LogP contribution in [0.15, 0.2) is 23.1 Å².